The molecule has 3 aromatic heterocycles. The number of carbonyl (C=O) groups is 3. The molecule has 6 rings (SSSR count). The number of amides is 3. The molecule has 4 aromatic rings. The molecule has 1 aromatic carbocycles. The molecule has 5 heterocycles. The van der Waals surface area contributed by atoms with Crippen molar-refractivity contribution in [3.05, 3.63) is 60.0 Å². The first-order valence-corrected chi connectivity index (χ1v) is 10.2. The molecule has 0 saturated carbocycles. The van der Waals surface area contributed by atoms with Gasteiger partial charge in [0, 0.05) is 36.5 Å². The molecule has 0 aliphatic carbocycles. The zero-order valence-electron chi connectivity index (χ0n) is 16.8. The maximum atomic E-state index is 12.9. The third-order valence-electron chi connectivity index (χ3n) is 5.96. The molecule has 2 aliphatic heterocycles. The summed E-state index contributed by atoms with van der Waals surface area (Å²) in [5.74, 6) is -0.924. The van der Waals surface area contributed by atoms with Crippen LogP contribution >= 0.6 is 0 Å². The second-order valence-electron chi connectivity index (χ2n) is 7.92. The van der Waals surface area contributed by atoms with Gasteiger partial charge in [-0.2, -0.15) is 0 Å². The Kier molecular flexibility index (Phi) is 3.94. The Labute approximate surface area is 181 Å². The highest BCUT2D eigenvalue weighted by atomic mass is 16.2. The van der Waals surface area contributed by atoms with Gasteiger partial charge in [-0.15, -0.1) is 5.10 Å². The minimum absolute atomic E-state index is 0.203. The number of carbonyl (C=O) groups excluding carboxylic acids is 3. The molecule has 1 unspecified atom stereocenters. The molecular weight excluding hydrogens is 410 g/mol. The van der Waals surface area contributed by atoms with Crippen molar-refractivity contribution >= 4 is 28.8 Å². The van der Waals surface area contributed by atoms with E-state index in [0.29, 0.717) is 24.2 Å². The van der Waals surface area contributed by atoms with Gasteiger partial charge in [-0.05, 0) is 42.3 Å². The van der Waals surface area contributed by atoms with Gasteiger partial charge < -0.3 is 9.88 Å². The van der Waals surface area contributed by atoms with Crippen molar-refractivity contribution in [3.8, 4) is 16.9 Å². The van der Waals surface area contributed by atoms with E-state index in [2.05, 4.69) is 25.6 Å². The van der Waals surface area contributed by atoms with E-state index in [-0.39, 0.29) is 18.2 Å². The molecule has 10 heteroatoms. The van der Waals surface area contributed by atoms with Gasteiger partial charge in [0.1, 0.15) is 11.7 Å². The van der Waals surface area contributed by atoms with Crippen LogP contribution in [0.5, 0.6) is 0 Å². The van der Waals surface area contributed by atoms with Crippen molar-refractivity contribution in [1.29, 1.82) is 0 Å². The number of aromatic nitrogens is 5. The second kappa shape index (κ2) is 6.84. The van der Waals surface area contributed by atoms with Gasteiger partial charge >= 0.3 is 0 Å². The Bertz CT molecular complexity index is 1420. The van der Waals surface area contributed by atoms with Crippen molar-refractivity contribution < 1.29 is 14.4 Å². The highest BCUT2D eigenvalue weighted by Gasteiger charge is 2.39. The van der Waals surface area contributed by atoms with Crippen LogP contribution in [-0.4, -0.2) is 53.6 Å². The van der Waals surface area contributed by atoms with Crippen LogP contribution in [0.25, 0.3) is 28.0 Å². The van der Waals surface area contributed by atoms with Crippen LogP contribution in [0.4, 0.5) is 0 Å². The van der Waals surface area contributed by atoms with Crippen LogP contribution in [0.3, 0.4) is 0 Å². The van der Waals surface area contributed by atoms with Gasteiger partial charge in [-0.3, -0.25) is 24.7 Å². The van der Waals surface area contributed by atoms with E-state index in [4.69, 9.17) is 0 Å². The largest absolute Gasteiger partial charge is 0.360 e. The van der Waals surface area contributed by atoms with Crippen LogP contribution in [0.15, 0.2) is 48.9 Å². The van der Waals surface area contributed by atoms with Crippen molar-refractivity contribution in [1.82, 2.24) is 35.2 Å². The fourth-order valence-electron chi connectivity index (χ4n) is 4.30. The lowest BCUT2D eigenvalue weighted by Gasteiger charge is -2.29. The number of imide groups is 1. The maximum absolute atomic E-state index is 12.9. The number of aromatic amines is 1. The lowest BCUT2D eigenvalue weighted by Crippen LogP contribution is -2.52. The Morgan fingerprint density at radius 1 is 1.09 bits per heavy atom. The fourth-order valence-corrected chi connectivity index (χ4v) is 4.30. The quantitative estimate of drug-likeness (QED) is 0.478. The van der Waals surface area contributed by atoms with Gasteiger partial charge in [0.25, 0.3) is 5.91 Å². The van der Waals surface area contributed by atoms with Crippen LogP contribution < -0.4 is 5.32 Å². The summed E-state index contributed by atoms with van der Waals surface area (Å²) < 4.78 is 1.65. The smallest absolute Gasteiger partial charge is 0.255 e. The van der Waals surface area contributed by atoms with E-state index < -0.39 is 11.9 Å². The van der Waals surface area contributed by atoms with E-state index in [0.717, 1.165) is 27.8 Å². The summed E-state index contributed by atoms with van der Waals surface area (Å²) in [4.78, 5) is 45.6. The minimum atomic E-state index is -0.635. The fraction of sp³-hybridized carbons (Fsp3) is 0.182. The highest BCUT2D eigenvalue weighted by Crippen LogP contribution is 2.29. The SMILES string of the molecule is O=C1CCC(N2Cc3cc(-n4cc(-c5cnc6cc[nH]c6c5)nn4)ccc3C2=O)C(=O)N1. The van der Waals surface area contributed by atoms with Gasteiger partial charge in [-0.25, -0.2) is 4.68 Å². The molecule has 0 bridgehead atoms. The minimum Gasteiger partial charge on any atom is -0.360 e. The number of nitrogens with one attached hydrogen (secondary N) is 2. The van der Waals surface area contributed by atoms with Gasteiger partial charge in [-0.1, -0.05) is 5.21 Å². The van der Waals surface area contributed by atoms with E-state index in [1.54, 1.807) is 23.0 Å². The van der Waals surface area contributed by atoms with Crippen molar-refractivity contribution in [3.63, 3.8) is 0 Å². The zero-order chi connectivity index (χ0) is 21.8. The summed E-state index contributed by atoms with van der Waals surface area (Å²) in [6.45, 7) is 0.309. The summed E-state index contributed by atoms with van der Waals surface area (Å²) >= 11 is 0. The van der Waals surface area contributed by atoms with Crippen molar-refractivity contribution in [2.24, 2.45) is 0 Å². The third kappa shape index (κ3) is 2.88. The molecular formula is C22H17N7O3. The Morgan fingerprint density at radius 2 is 2.00 bits per heavy atom. The van der Waals surface area contributed by atoms with Gasteiger partial charge in [0.15, 0.2) is 0 Å². The first-order valence-electron chi connectivity index (χ1n) is 10.2. The first-order chi connectivity index (χ1) is 15.6. The summed E-state index contributed by atoms with van der Waals surface area (Å²) in [5, 5.41) is 10.8. The predicted molar refractivity (Wildman–Crippen MR) is 112 cm³/mol. The number of H-pyrrole nitrogens is 1. The third-order valence-corrected chi connectivity index (χ3v) is 5.96. The van der Waals surface area contributed by atoms with Crippen molar-refractivity contribution in [2.75, 3.05) is 0 Å². The number of hydrogen-bond acceptors (Lipinski definition) is 6. The number of pyridine rings is 1. The molecule has 32 heavy (non-hydrogen) atoms. The summed E-state index contributed by atoms with van der Waals surface area (Å²) in [5.41, 5.74) is 5.44. The molecule has 1 saturated heterocycles. The predicted octanol–water partition coefficient (Wildman–Crippen LogP) is 1.57. The molecule has 1 fully saturated rings. The maximum Gasteiger partial charge on any atom is 0.255 e. The molecule has 0 radical (unpaired) electrons. The average molecular weight is 427 g/mol. The van der Waals surface area contributed by atoms with E-state index in [1.807, 2.05) is 30.6 Å². The number of fused-ring (bicyclic) bond motifs is 2. The summed E-state index contributed by atoms with van der Waals surface area (Å²) in [6, 6.07) is 8.66. The number of rotatable bonds is 3. The topological polar surface area (TPSA) is 126 Å². The summed E-state index contributed by atoms with van der Waals surface area (Å²) in [7, 11) is 0. The number of nitrogens with zero attached hydrogens (tertiary/aromatic N) is 5. The van der Waals surface area contributed by atoms with Gasteiger partial charge in [0.2, 0.25) is 11.8 Å². The first kappa shape index (κ1) is 18.4. The van der Waals surface area contributed by atoms with Crippen LogP contribution in [0, 0.1) is 0 Å². The molecule has 0 spiro atoms. The second-order valence-corrected chi connectivity index (χ2v) is 7.92. The highest BCUT2D eigenvalue weighted by molar-refractivity contribution is 6.05. The van der Waals surface area contributed by atoms with E-state index in [9.17, 15) is 14.4 Å². The molecule has 2 aliphatic rings. The number of benzene rings is 1. The molecule has 2 N–H and O–H groups in total. The van der Waals surface area contributed by atoms with E-state index in [1.165, 1.54) is 4.90 Å². The van der Waals surface area contributed by atoms with E-state index >= 15 is 0 Å². The van der Waals surface area contributed by atoms with Crippen molar-refractivity contribution in [2.45, 2.75) is 25.4 Å². The molecule has 158 valence electrons. The van der Waals surface area contributed by atoms with Crippen LogP contribution in [0.1, 0.15) is 28.8 Å². The standard InChI is InChI=1S/C22H17N7O3/c30-20-4-3-19(21(31)25-20)28-10-13-7-14(1-2-15(13)22(28)32)29-11-18(26-27-29)12-8-17-16(24-9-12)5-6-23-17/h1-2,5-9,11,19,23H,3-4,10H2,(H,25,30,31). The van der Waals surface area contributed by atoms with Gasteiger partial charge in [0.05, 0.1) is 22.9 Å². The zero-order valence-corrected chi connectivity index (χ0v) is 16.8. The molecule has 3 amide bonds. The normalized spacial score (nSPS) is 18.3. The monoisotopic (exact) mass is 427 g/mol. The Balaban J connectivity index is 1.28. The molecule has 10 nitrogen and oxygen atoms in total. The number of piperidine rings is 1. The summed E-state index contributed by atoms with van der Waals surface area (Å²) in [6.07, 6.45) is 5.96. The molecule has 1 atom stereocenters. The lowest BCUT2D eigenvalue weighted by atomic mass is 10.0. The Hall–Kier alpha value is -4.34. The average Bonchev–Trinajstić information content (AvgIpc) is 3.52. The Morgan fingerprint density at radius 3 is 2.88 bits per heavy atom. The van der Waals surface area contributed by atoms with Crippen LogP contribution in [0.2, 0.25) is 0 Å². The van der Waals surface area contributed by atoms with Crippen LogP contribution in [-0.2, 0) is 16.1 Å². The lowest BCUT2D eigenvalue weighted by molar-refractivity contribution is -0.136. The number of hydrogen-bond donors (Lipinski definition) is 2.